The summed E-state index contributed by atoms with van der Waals surface area (Å²) in [5.41, 5.74) is 0.417. The summed E-state index contributed by atoms with van der Waals surface area (Å²) in [5, 5.41) is 9.23. The number of hydrogen-bond donors (Lipinski definition) is 1. The van der Waals surface area contributed by atoms with Gasteiger partial charge in [0.05, 0.1) is 5.92 Å². The fourth-order valence-electron chi connectivity index (χ4n) is 4.05. The molecule has 0 aromatic carbocycles. The van der Waals surface area contributed by atoms with Crippen LogP contribution >= 0.6 is 0 Å². The van der Waals surface area contributed by atoms with Gasteiger partial charge in [0, 0.05) is 12.6 Å². The molecule has 0 aromatic rings. The Labute approximate surface area is 123 Å². The highest BCUT2D eigenvalue weighted by Gasteiger charge is 2.33. The largest absolute Gasteiger partial charge is 0.481 e. The van der Waals surface area contributed by atoms with E-state index < -0.39 is 5.97 Å². The third kappa shape index (κ3) is 3.97. The topological polar surface area (TPSA) is 40.5 Å². The zero-order valence-corrected chi connectivity index (χ0v) is 13.4. The lowest BCUT2D eigenvalue weighted by Gasteiger charge is -2.37. The van der Waals surface area contributed by atoms with Crippen LogP contribution in [0.25, 0.3) is 0 Å². The van der Waals surface area contributed by atoms with Gasteiger partial charge >= 0.3 is 5.97 Å². The zero-order valence-electron chi connectivity index (χ0n) is 13.4. The second kappa shape index (κ2) is 6.46. The quantitative estimate of drug-likeness (QED) is 0.783. The molecule has 3 unspecified atom stereocenters. The maximum absolute atomic E-state index is 11.2. The number of piperidine rings is 1. The standard InChI is InChI=1S/C17H31NO2/c1-17(2,3)14-7-4-8-15(10-9-14)18-11-5-6-13(12-18)16(19)20/h13-15H,4-12H2,1-3H3,(H,19,20). The third-order valence-electron chi connectivity index (χ3n) is 5.48. The van der Waals surface area contributed by atoms with Gasteiger partial charge in [-0.25, -0.2) is 0 Å². The molecule has 1 aliphatic carbocycles. The fraction of sp³-hybridized carbons (Fsp3) is 0.941. The maximum Gasteiger partial charge on any atom is 0.307 e. The van der Waals surface area contributed by atoms with Crippen molar-refractivity contribution >= 4 is 5.97 Å². The second-order valence-electron chi connectivity index (χ2n) is 7.90. The molecule has 1 aliphatic heterocycles. The van der Waals surface area contributed by atoms with Crippen LogP contribution in [0.4, 0.5) is 0 Å². The van der Waals surface area contributed by atoms with E-state index in [1.54, 1.807) is 0 Å². The molecule has 0 spiro atoms. The Hall–Kier alpha value is -0.570. The lowest BCUT2D eigenvalue weighted by molar-refractivity contribution is -0.144. The predicted molar refractivity (Wildman–Crippen MR) is 81.8 cm³/mol. The Morgan fingerprint density at radius 2 is 1.80 bits per heavy atom. The molecule has 0 bridgehead atoms. The van der Waals surface area contributed by atoms with Crippen LogP contribution in [0.2, 0.25) is 0 Å². The van der Waals surface area contributed by atoms with Gasteiger partial charge in [-0.3, -0.25) is 9.69 Å². The van der Waals surface area contributed by atoms with Crippen molar-refractivity contribution in [2.24, 2.45) is 17.3 Å². The number of aliphatic carboxylic acids is 1. The van der Waals surface area contributed by atoms with Gasteiger partial charge < -0.3 is 5.11 Å². The van der Waals surface area contributed by atoms with Gasteiger partial charge in [-0.05, 0) is 56.4 Å². The Bertz CT molecular complexity index is 334. The van der Waals surface area contributed by atoms with E-state index in [-0.39, 0.29) is 5.92 Å². The lowest BCUT2D eigenvalue weighted by atomic mass is 9.76. The van der Waals surface area contributed by atoms with Crippen LogP contribution in [-0.2, 0) is 4.79 Å². The maximum atomic E-state index is 11.2. The van der Waals surface area contributed by atoms with Crippen LogP contribution in [0.5, 0.6) is 0 Å². The first-order chi connectivity index (χ1) is 9.38. The molecular weight excluding hydrogens is 250 g/mol. The van der Waals surface area contributed by atoms with E-state index in [9.17, 15) is 9.90 Å². The fourth-order valence-corrected chi connectivity index (χ4v) is 4.05. The zero-order chi connectivity index (χ0) is 14.8. The summed E-state index contributed by atoms with van der Waals surface area (Å²) in [6.07, 6.45) is 8.39. The average Bonchev–Trinajstić information content (AvgIpc) is 2.64. The van der Waals surface area contributed by atoms with Crippen molar-refractivity contribution in [1.82, 2.24) is 4.90 Å². The Balaban J connectivity index is 1.91. The van der Waals surface area contributed by atoms with E-state index in [0.717, 1.165) is 31.8 Å². The number of carboxylic acids is 1. The third-order valence-corrected chi connectivity index (χ3v) is 5.48. The number of likely N-dealkylation sites (tertiary alicyclic amines) is 1. The van der Waals surface area contributed by atoms with E-state index in [1.165, 1.54) is 32.1 Å². The smallest absolute Gasteiger partial charge is 0.307 e. The van der Waals surface area contributed by atoms with E-state index in [2.05, 4.69) is 25.7 Å². The molecule has 1 saturated heterocycles. The molecule has 2 rings (SSSR count). The van der Waals surface area contributed by atoms with Crippen molar-refractivity contribution in [1.29, 1.82) is 0 Å². The van der Waals surface area contributed by atoms with Crippen molar-refractivity contribution < 1.29 is 9.90 Å². The Morgan fingerprint density at radius 3 is 2.45 bits per heavy atom. The summed E-state index contributed by atoms with van der Waals surface area (Å²) in [6.45, 7) is 8.97. The van der Waals surface area contributed by atoms with Crippen LogP contribution < -0.4 is 0 Å². The molecule has 2 aliphatic rings. The summed E-state index contributed by atoms with van der Waals surface area (Å²) in [6, 6.07) is 0.629. The molecule has 1 N–H and O–H groups in total. The molecular formula is C17H31NO2. The molecule has 1 saturated carbocycles. The minimum atomic E-state index is -0.601. The molecule has 20 heavy (non-hydrogen) atoms. The molecule has 0 radical (unpaired) electrons. The van der Waals surface area contributed by atoms with Gasteiger partial charge in [-0.2, -0.15) is 0 Å². The first-order valence-electron chi connectivity index (χ1n) is 8.35. The predicted octanol–water partition coefficient (Wildman–Crippen LogP) is 3.78. The highest BCUT2D eigenvalue weighted by atomic mass is 16.4. The molecule has 2 fully saturated rings. The molecule has 1 heterocycles. The van der Waals surface area contributed by atoms with Gasteiger partial charge in [-0.15, -0.1) is 0 Å². The summed E-state index contributed by atoms with van der Waals surface area (Å²) >= 11 is 0. The molecule has 116 valence electrons. The first-order valence-corrected chi connectivity index (χ1v) is 8.35. The summed E-state index contributed by atoms with van der Waals surface area (Å²) < 4.78 is 0. The van der Waals surface area contributed by atoms with Crippen molar-refractivity contribution in [2.45, 2.75) is 71.8 Å². The minimum absolute atomic E-state index is 0.134. The van der Waals surface area contributed by atoms with Crippen molar-refractivity contribution in [3.8, 4) is 0 Å². The number of carbonyl (C=O) groups is 1. The minimum Gasteiger partial charge on any atom is -0.481 e. The van der Waals surface area contributed by atoms with Crippen molar-refractivity contribution in [3.05, 3.63) is 0 Å². The highest BCUT2D eigenvalue weighted by molar-refractivity contribution is 5.70. The molecule has 0 amide bonds. The van der Waals surface area contributed by atoms with E-state index >= 15 is 0 Å². The summed E-state index contributed by atoms with van der Waals surface area (Å²) in [4.78, 5) is 13.7. The average molecular weight is 281 g/mol. The highest BCUT2D eigenvalue weighted by Crippen LogP contribution is 2.38. The molecule has 3 atom stereocenters. The van der Waals surface area contributed by atoms with Crippen LogP contribution in [0.15, 0.2) is 0 Å². The molecule has 3 nitrogen and oxygen atoms in total. The summed E-state index contributed by atoms with van der Waals surface area (Å²) in [5.74, 6) is 0.0915. The second-order valence-corrected chi connectivity index (χ2v) is 7.90. The SMILES string of the molecule is CC(C)(C)C1CCCC(N2CCCC(C(=O)O)C2)CC1. The van der Waals surface area contributed by atoms with E-state index in [4.69, 9.17) is 0 Å². The van der Waals surface area contributed by atoms with Gasteiger partial charge in [0.2, 0.25) is 0 Å². The monoisotopic (exact) mass is 281 g/mol. The lowest BCUT2D eigenvalue weighted by Crippen LogP contribution is -2.44. The van der Waals surface area contributed by atoms with Crippen LogP contribution in [0.3, 0.4) is 0 Å². The Kier molecular flexibility index (Phi) is 5.11. The van der Waals surface area contributed by atoms with E-state index in [1.807, 2.05) is 0 Å². The molecule has 0 aromatic heterocycles. The van der Waals surface area contributed by atoms with Gasteiger partial charge in [0.1, 0.15) is 0 Å². The van der Waals surface area contributed by atoms with Crippen molar-refractivity contribution in [3.63, 3.8) is 0 Å². The number of carboxylic acid groups (broad SMARTS) is 1. The van der Waals surface area contributed by atoms with Crippen LogP contribution in [0.1, 0.15) is 65.7 Å². The van der Waals surface area contributed by atoms with E-state index in [0.29, 0.717) is 11.5 Å². The number of hydrogen-bond acceptors (Lipinski definition) is 2. The molecule has 3 heteroatoms. The first kappa shape index (κ1) is 15.8. The van der Waals surface area contributed by atoms with Gasteiger partial charge in [-0.1, -0.05) is 27.2 Å². The van der Waals surface area contributed by atoms with Crippen LogP contribution in [0, 0.1) is 17.3 Å². The number of nitrogens with zero attached hydrogens (tertiary/aromatic N) is 1. The Morgan fingerprint density at radius 1 is 1.05 bits per heavy atom. The normalized spacial score (nSPS) is 33.6. The van der Waals surface area contributed by atoms with Crippen molar-refractivity contribution in [2.75, 3.05) is 13.1 Å². The summed E-state index contributed by atoms with van der Waals surface area (Å²) in [7, 11) is 0. The van der Waals surface area contributed by atoms with Gasteiger partial charge in [0.15, 0.2) is 0 Å². The van der Waals surface area contributed by atoms with Crippen LogP contribution in [-0.4, -0.2) is 35.1 Å². The van der Waals surface area contributed by atoms with Gasteiger partial charge in [0.25, 0.3) is 0 Å². The number of rotatable bonds is 2.